The number of carbonyl (C=O) groups excluding carboxylic acids is 1. The number of fused-ring (bicyclic) bond motifs is 2. The van der Waals surface area contributed by atoms with Crippen LogP contribution in [-0.4, -0.2) is 49.8 Å². The fourth-order valence-corrected chi connectivity index (χ4v) is 3.58. The van der Waals surface area contributed by atoms with Crippen molar-refractivity contribution in [3.63, 3.8) is 0 Å². The Hall–Kier alpha value is -1.30. The molecule has 1 aromatic rings. The van der Waals surface area contributed by atoms with Gasteiger partial charge in [-0.15, -0.1) is 0 Å². The topological polar surface area (TPSA) is 53.6 Å². The summed E-state index contributed by atoms with van der Waals surface area (Å²) in [4.78, 5) is 14.4. The number of carbonyl (C=O) groups is 1. The zero-order valence-electron chi connectivity index (χ0n) is 13.6. The maximum absolute atomic E-state index is 12.4. The number of hydrogen-bond donors (Lipinski definition) is 2. The number of benzene rings is 1. The Morgan fingerprint density at radius 3 is 2.65 bits per heavy atom. The molecule has 2 heterocycles. The van der Waals surface area contributed by atoms with Crippen molar-refractivity contribution < 1.29 is 9.53 Å². The lowest BCUT2D eigenvalue weighted by atomic mass is 9.96. The van der Waals surface area contributed by atoms with E-state index in [9.17, 15) is 4.79 Å². The number of hydrogen-bond acceptors (Lipinski definition) is 3. The van der Waals surface area contributed by atoms with E-state index >= 15 is 0 Å². The molecule has 4 atom stereocenters. The van der Waals surface area contributed by atoms with Crippen LogP contribution in [0.1, 0.15) is 30.9 Å². The van der Waals surface area contributed by atoms with Crippen LogP contribution < -0.4 is 10.6 Å². The summed E-state index contributed by atoms with van der Waals surface area (Å²) in [5.41, 5.74) is 1.04. The van der Waals surface area contributed by atoms with Gasteiger partial charge in [-0.25, -0.2) is 4.79 Å². The Morgan fingerprint density at radius 1 is 1.35 bits per heavy atom. The third-order valence-corrected chi connectivity index (χ3v) is 4.80. The zero-order chi connectivity index (χ0) is 16.4. The second-order valence-corrected chi connectivity index (χ2v) is 7.14. The van der Waals surface area contributed by atoms with E-state index in [0.29, 0.717) is 11.1 Å². The lowest BCUT2D eigenvalue weighted by Gasteiger charge is -2.25. The SMILES string of the molecule is CN(C)C[C@@H](NC(=O)N[C@@H]1C[C@H]2CC[C@H]1O2)c1ccc(Cl)cc1. The Kier molecular flexibility index (Phi) is 5.09. The second-order valence-electron chi connectivity index (χ2n) is 6.70. The van der Waals surface area contributed by atoms with Crippen molar-refractivity contribution in [2.45, 2.75) is 43.6 Å². The van der Waals surface area contributed by atoms with Crippen LogP contribution in [0.4, 0.5) is 4.79 Å². The molecule has 0 saturated carbocycles. The highest BCUT2D eigenvalue weighted by atomic mass is 35.5. The third-order valence-electron chi connectivity index (χ3n) is 4.55. The zero-order valence-corrected chi connectivity index (χ0v) is 14.3. The molecule has 126 valence electrons. The van der Waals surface area contributed by atoms with Crippen molar-refractivity contribution in [2.75, 3.05) is 20.6 Å². The van der Waals surface area contributed by atoms with Crippen LogP contribution in [0.25, 0.3) is 0 Å². The van der Waals surface area contributed by atoms with Crippen LogP contribution in [0.15, 0.2) is 24.3 Å². The number of urea groups is 1. The van der Waals surface area contributed by atoms with Gasteiger partial charge in [-0.05, 0) is 51.1 Å². The summed E-state index contributed by atoms with van der Waals surface area (Å²) in [6, 6.07) is 7.54. The first kappa shape index (κ1) is 16.6. The monoisotopic (exact) mass is 337 g/mol. The standard InChI is InChI=1S/C17H24ClN3O2/c1-21(2)10-15(11-3-5-12(18)6-4-11)20-17(22)19-14-9-13-7-8-16(14)23-13/h3-6,13-16H,7-10H2,1-2H3,(H2,19,20,22)/t13-,14-,15-,16-/m1/s1. The van der Waals surface area contributed by atoms with Crippen LogP contribution in [0.5, 0.6) is 0 Å². The highest BCUT2D eigenvalue weighted by molar-refractivity contribution is 6.30. The molecule has 0 radical (unpaired) electrons. The van der Waals surface area contributed by atoms with E-state index in [4.69, 9.17) is 16.3 Å². The smallest absolute Gasteiger partial charge is 0.315 e. The molecular formula is C17H24ClN3O2. The summed E-state index contributed by atoms with van der Waals surface area (Å²) < 4.78 is 5.79. The van der Waals surface area contributed by atoms with Crippen molar-refractivity contribution in [1.82, 2.24) is 15.5 Å². The van der Waals surface area contributed by atoms with Crippen molar-refractivity contribution in [3.8, 4) is 0 Å². The molecule has 0 aromatic heterocycles. The predicted molar refractivity (Wildman–Crippen MR) is 90.7 cm³/mol. The fraction of sp³-hybridized carbons (Fsp3) is 0.588. The number of amides is 2. The number of ether oxygens (including phenoxy) is 1. The van der Waals surface area contributed by atoms with E-state index in [1.807, 2.05) is 38.4 Å². The quantitative estimate of drug-likeness (QED) is 0.868. The van der Waals surface area contributed by atoms with Crippen LogP contribution in [0, 0.1) is 0 Å². The minimum absolute atomic E-state index is 0.0817. The van der Waals surface area contributed by atoms with Gasteiger partial charge in [0.1, 0.15) is 0 Å². The number of nitrogens with one attached hydrogen (secondary N) is 2. The molecule has 2 N–H and O–H groups in total. The predicted octanol–water partition coefficient (Wildman–Crippen LogP) is 2.56. The largest absolute Gasteiger partial charge is 0.373 e. The minimum atomic E-state index is -0.132. The van der Waals surface area contributed by atoms with Gasteiger partial charge in [-0.1, -0.05) is 23.7 Å². The van der Waals surface area contributed by atoms with E-state index in [1.165, 1.54) is 0 Å². The van der Waals surface area contributed by atoms with Crippen molar-refractivity contribution >= 4 is 17.6 Å². The first-order valence-corrected chi connectivity index (χ1v) is 8.52. The molecule has 6 heteroatoms. The van der Waals surface area contributed by atoms with Crippen molar-refractivity contribution in [1.29, 1.82) is 0 Å². The maximum Gasteiger partial charge on any atom is 0.315 e. The van der Waals surface area contributed by atoms with Crippen LogP contribution in [0.3, 0.4) is 0 Å². The molecule has 2 bridgehead atoms. The summed E-state index contributed by atoms with van der Waals surface area (Å²) in [6.45, 7) is 0.724. The van der Waals surface area contributed by atoms with Gasteiger partial charge in [-0.3, -0.25) is 0 Å². The minimum Gasteiger partial charge on any atom is -0.373 e. The Bertz CT molecular complexity index is 549. The third kappa shape index (κ3) is 4.16. The van der Waals surface area contributed by atoms with Gasteiger partial charge < -0.3 is 20.3 Å². The first-order valence-electron chi connectivity index (χ1n) is 8.14. The molecular weight excluding hydrogens is 314 g/mol. The van der Waals surface area contributed by atoms with Gasteiger partial charge in [0.15, 0.2) is 0 Å². The highest BCUT2D eigenvalue weighted by Crippen LogP contribution is 2.34. The van der Waals surface area contributed by atoms with E-state index in [2.05, 4.69) is 15.5 Å². The van der Waals surface area contributed by atoms with Crippen molar-refractivity contribution in [3.05, 3.63) is 34.9 Å². The molecule has 2 aliphatic rings. The van der Waals surface area contributed by atoms with Gasteiger partial charge in [-0.2, -0.15) is 0 Å². The average molecular weight is 338 g/mol. The number of nitrogens with zero attached hydrogens (tertiary/aromatic N) is 1. The molecule has 3 rings (SSSR count). The molecule has 0 spiro atoms. The van der Waals surface area contributed by atoms with Gasteiger partial charge in [0.2, 0.25) is 0 Å². The molecule has 0 aliphatic carbocycles. The van der Waals surface area contributed by atoms with Gasteiger partial charge in [0.25, 0.3) is 0 Å². The van der Waals surface area contributed by atoms with Gasteiger partial charge >= 0.3 is 6.03 Å². The molecule has 2 aliphatic heterocycles. The Balaban J connectivity index is 1.61. The molecule has 2 fully saturated rings. The van der Waals surface area contributed by atoms with Crippen LogP contribution >= 0.6 is 11.6 Å². The highest BCUT2D eigenvalue weighted by Gasteiger charge is 2.41. The van der Waals surface area contributed by atoms with E-state index < -0.39 is 0 Å². The van der Waals surface area contributed by atoms with E-state index in [0.717, 1.165) is 31.4 Å². The molecule has 5 nitrogen and oxygen atoms in total. The summed E-state index contributed by atoms with van der Waals surface area (Å²) in [6.07, 6.45) is 3.62. The summed E-state index contributed by atoms with van der Waals surface area (Å²) in [7, 11) is 3.98. The summed E-state index contributed by atoms with van der Waals surface area (Å²) in [5.74, 6) is 0. The maximum atomic E-state index is 12.4. The lowest BCUT2D eigenvalue weighted by molar-refractivity contribution is 0.0980. The van der Waals surface area contributed by atoms with Gasteiger partial charge in [0.05, 0.1) is 24.3 Å². The van der Waals surface area contributed by atoms with Gasteiger partial charge in [0, 0.05) is 11.6 Å². The van der Waals surface area contributed by atoms with Crippen molar-refractivity contribution in [2.24, 2.45) is 0 Å². The van der Waals surface area contributed by atoms with E-state index in [-0.39, 0.29) is 24.2 Å². The normalized spacial score (nSPS) is 27.2. The summed E-state index contributed by atoms with van der Waals surface area (Å²) in [5, 5.41) is 6.85. The number of rotatable bonds is 5. The Labute approximate surface area is 142 Å². The average Bonchev–Trinajstić information content (AvgIpc) is 3.09. The number of likely N-dealkylation sites (N-methyl/N-ethyl adjacent to an activating group) is 1. The van der Waals surface area contributed by atoms with Crippen LogP contribution in [0.2, 0.25) is 5.02 Å². The molecule has 2 saturated heterocycles. The molecule has 2 amide bonds. The first-order chi connectivity index (χ1) is 11.0. The van der Waals surface area contributed by atoms with E-state index in [1.54, 1.807) is 0 Å². The number of halogens is 1. The van der Waals surface area contributed by atoms with Crippen LogP contribution in [-0.2, 0) is 4.74 Å². The molecule has 0 unspecified atom stereocenters. The molecule has 1 aromatic carbocycles. The second kappa shape index (κ2) is 7.07. The fourth-order valence-electron chi connectivity index (χ4n) is 3.45. The Morgan fingerprint density at radius 2 is 2.09 bits per heavy atom. The lowest BCUT2D eigenvalue weighted by Crippen LogP contribution is -2.48. The molecule has 23 heavy (non-hydrogen) atoms. The summed E-state index contributed by atoms with van der Waals surface area (Å²) >= 11 is 5.95.